The van der Waals surface area contributed by atoms with Crippen LogP contribution in [0.4, 0.5) is 0 Å². The first kappa shape index (κ1) is 20.2. The van der Waals surface area contributed by atoms with Crippen molar-refractivity contribution in [3.63, 3.8) is 0 Å². The van der Waals surface area contributed by atoms with Gasteiger partial charge in [0.2, 0.25) is 0 Å². The van der Waals surface area contributed by atoms with Crippen LogP contribution in [0.3, 0.4) is 0 Å². The molecule has 1 aliphatic rings. The molecule has 1 heterocycles. The van der Waals surface area contributed by atoms with Crippen molar-refractivity contribution in [3.05, 3.63) is 35.9 Å². The first-order valence-corrected chi connectivity index (χ1v) is 8.24. The minimum atomic E-state index is 0. The molecule has 1 aliphatic heterocycles. The predicted octanol–water partition coefficient (Wildman–Crippen LogP) is 2.08. The minimum Gasteiger partial charge on any atom is -0.379 e. The van der Waals surface area contributed by atoms with Gasteiger partial charge in [-0.15, -0.1) is 24.0 Å². The molecule has 0 aliphatic carbocycles. The van der Waals surface area contributed by atoms with Gasteiger partial charge in [-0.05, 0) is 25.5 Å². The summed E-state index contributed by atoms with van der Waals surface area (Å²) in [4.78, 5) is 7.09. The lowest BCUT2D eigenvalue weighted by Crippen LogP contribution is -2.40. The molecule has 130 valence electrons. The summed E-state index contributed by atoms with van der Waals surface area (Å²) in [5.41, 5.74) is 1.23. The molecule has 2 N–H and O–H groups in total. The molecule has 2 rings (SSSR count). The lowest BCUT2D eigenvalue weighted by atomic mass is 10.2. The Morgan fingerprint density at radius 2 is 1.91 bits per heavy atom. The summed E-state index contributed by atoms with van der Waals surface area (Å²) in [5, 5.41) is 6.71. The second-order valence-corrected chi connectivity index (χ2v) is 5.42. The Kier molecular flexibility index (Phi) is 11.0. The highest BCUT2D eigenvalue weighted by molar-refractivity contribution is 14.0. The summed E-state index contributed by atoms with van der Waals surface area (Å²) in [5.74, 6) is 0.897. The van der Waals surface area contributed by atoms with E-state index >= 15 is 0 Å². The number of morpholine rings is 1. The quantitative estimate of drug-likeness (QED) is 0.300. The average molecular weight is 432 g/mol. The molecule has 0 amide bonds. The third-order valence-electron chi connectivity index (χ3n) is 3.65. The topological polar surface area (TPSA) is 48.9 Å². The van der Waals surface area contributed by atoms with Gasteiger partial charge in [0.1, 0.15) is 0 Å². The zero-order valence-electron chi connectivity index (χ0n) is 14.0. The van der Waals surface area contributed by atoms with Crippen molar-refractivity contribution < 1.29 is 4.74 Å². The predicted molar refractivity (Wildman–Crippen MR) is 107 cm³/mol. The zero-order chi connectivity index (χ0) is 15.5. The van der Waals surface area contributed by atoms with Crippen molar-refractivity contribution in [1.29, 1.82) is 0 Å². The molecule has 5 nitrogen and oxygen atoms in total. The van der Waals surface area contributed by atoms with Crippen molar-refractivity contribution in [2.75, 3.05) is 45.9 Å². The van der Waals surface area contributed by atoms with Crippen LogP contribution >= 0.6 is 24.0 Å². The maximum Gasteiger partial charge on any atom is 0.191 e. The summed E-state index contributed by atoms with van der Waals surface area (Å²) in [6.07, 6.45) is 1.12. The molecule has 0 unspecified atom stereocenters. The van der Waals surface area contributed by atoms with Crippen LogP contribution in [0.5, 0.6) is 0 Å². The molecule has 1 aromatic rings. The molecule has 6 heteroatoms. The van der Waals surface area contributed by atoms with Crippen molar-refractivity contribution in [3.8, 4) is 0 Å². The van der Waals surface area contributed by atoms with Crippen LogP contribution in [0.15, 0.2) is 35.3 Å². The van der Waals surface area contributed by atoms with Crippen molar-refractivity contribution in [2.24, 2.45) is 4.99 Å². The number of benzene rings is 1. The van der Waals surface area contributed by atoms with E-state index in [1.165, 1.54) is 5.56 Å². The van der Waals surface area contributed by atoms with E-state index in [0.717, 1.165) is 58.3 Å². The number of guanidine groups is 1. The van der Waals surface area contributed by atoms with Gasteiger partial charge in [0, 0.05) is 26.2 Å². The fourth-order valence-electron chi connectivity index (χ4n) is 2.43. The van der Waals surface area contributed by atoms with Crippen molar-refractivity contribution in [1.82, 2.24) is 15.5 Å². The Morgan fingerprint density at radius 1 is 1.17 bits per heavy atom. The molecule has 0 spiro atoms. The van der Waals surface area contributed by atoms with Gasteiger partial charge in [0.05, 0.1) is 19.8 Å². The minimum absolute atomic E-state index is 0. The standard InChI is InChI=1S/C17H28N4O.HI/c1-2-18-17(20-15-16-7-4-3-5-8-16)19-9-6-10-21-11-13-22-14-12-21;/h3-5,7-8H,2,6,9-15H2,1H3,(H2,18,19,20);1H. The highest BCUT2D eigenvalue weighted by Gasteiger charge is 2.09. The molecule has 0 atom stereocenters. The fraction of sp³-hybridized carbons (Fsp3) is 0.588. The third kappa shape index (κ3) is 8.53. The largest absolute Gasteiger partial charge is 0.379 e. The first-order valence-electron chi connectivity index (χ1n) is 8.24. The van der Waals surface area contributed by atoms with Gasteiger partial charge in [0.15, 0.2) is 5.96 Å². The van der Waals surface area contributed by atoms with Crippen molar-refractivity contribution in [2.45, 2.75) is 19.9 Å². The first-order chi connectivity index (χ1) is 10.9. The Bertz CT molecular complexity index is 435. The summed E-state index contributed by atoms with van der Waals surface area (Å²) < 4.78 is 5.36. The van der Waals surface area contributed by atoms with E-state index in [1.54, 1.807) is 0 Å². The summed E-state index contributed by atoms with van der Waals surface area (Å²) in [6, 6.07) is 10.3. The van der Waals surface area contributed by atoms with Crippen LogP contribution in [-0.4, -0.2) is 56.8 Å². The number of nitrogens with one attached hydrogen (secondary N) is 2. The van der Waals surface area contributed by atoms with E-state index in [4.69, 9.17) is 4.74 Å². The molecular weight excluding hydrogens is 403 g/mol. The van der Waals surface area contributed by atoms with Gasteiger partial charge >= 0.3 is 0 Å². The second-order valence-electron chi connectivity index (χ2n) is 5.42. The summed E-state index contributed by atoms with van der Waals surface area (Å²) >= 11 is 0. The van der Waals surface area contributed by atoms with Crippen LogP contribution in [0.2, 0.25) is 0 Å². The van der Waals surface area contributed by atoms with E-state index < -0.39 is 0 Å². The van der Waals surface area contributed by atoms with Gasteiger partial charge in [-0.25, -0.2) is 4.99 Å². The smallest absolute Gasteiger partial charge is 0.191 e. The van der Waals surface area contributed by atoms with E-state index in [2.05, 4.69) is 39.6 Å². The van der Waals surface area contributed by atoms with Crippen LogP contribution in [0.25, 0.3) is 0 Å². The highest BCUT2D eigenvalue weighted by atomic mass is 127. The maximum absolute atomic E-state index is 5.36. The van der Waals surface area contributed by atoms with Crippen LogP contribution in [-0.2, 0) is 11.3 Å². The summed E-state index contributed by atoms with van der Waals surface area (Å²) in [7, 11) is 0. The van der Waals surface area contributed by atoms with Gasteiger partial charge in [-0.2, -0.15) is 0 Å². The molecule has 0 saturated carbocycles. The number of halogens is 1. The van der Waals surface area contributed by atoms with E-state index in [9.17, 15) is 0 Å². The summed E-state index contributed by atoms with van der Waals surface area (Å²) in [6.45, 7) is 9.59. The number of hydrogen-bond donors (Lipinski definition) is 2. The molecule has 0 radical (unpaired) electrons. The Balaban J connectivity index is 0.00000264. The molecule has 0 bridgehead atoms. The van der Waals surface area contributed by atoms with Crippen LogP contribution < -0.4 is 10.6 Å². The Morgan fingerprint density at radius 3 is 2.61 bits per heavy atom. The molecular formula is C17H29IN4O. The molecule has 0 aromatic heterocycles. The lowest BCUT2D eigenvalue weighted by molar-refractivity contribution is 0.0376. The van der Waals surface area contributed by atoms with Gasteiger partial charge in [0.25, 0.3) is 0 Å². The van der Waals surface area contributed by atoms with Crippen molar-refractivity contribution >= 4 is 29.9 Å². The third-order valence-corrected chi connectivity index (χ3v) is 3.65. The fourth-order valence-corrected chi connectivity index (χ4v) is 2.43. The monoisotopic (exact) mass is 432 g/mol. The van der Waals surface area contributed by atoms with Gasteiger partial charge in [-0.3, -0.25) is 4.90 Å². The average Bonchev–Trinajstić information content (AvgIpc) is 2.58. The van der Waals surface area contributed by atoms with E-state index in [1.807, 2.05) is 18.2 Å². The van der Waals surface area contributed by atoms with E-state index in [0.29, 0.717) is 6.54 Å². The van der Waals surface area contributed by atoms with E-state index in [-0.39, 0.29) is 24.0 Å². The maximum atomic E-state index is 5.36. The molecule has 1 aromatic carbocycles. The molecule has 1 fully saturated rings. The van der Waals surface area contributed by atoms with Gasteiger partial charge < -0.3 is 15.4 Å². The number of nitrogens with zero attached hydrogens (tertiary/aromatic N) is 2. The molecule has 23 heavy (non-hydrogen) atoms. The van der Waals surface area contributed by atoms with Crippen LogP contribution in [0.1, 0.15) is 18.9 Å². The number of aliphatic imine (C=N–C) groups is 1. The highest BCUT2D eigenvalue weighted by Crippen LogP contribution is 2.00. The Hall–Kier alpha value is -0.860. The number of hydrogen-bond acceptors (Lipinski definition) is 3. The molecule has 1 saturated heterocycles. The van der Waals surface area contributed by atoms with Crippen LogP contribution in [0, 0.1) is 0 Å². The SMILES string of the molecule is CCNC(=NCc1ccccc1)NCCCN1CCOCC1.I. The number of rotatable bonds is 7. The normalized spacial score (nSPS) is 15.8. The second kappa shape index (κ2) is 12.5. The van der Waals surface area contributed by atoms with Gasteiger partial charge in [-0.1, -0.05) is 30.3 Å². The number of ether oxygens (including phenoxy) is 1. The zero-order valence-corrected chi connectivity index (χ0v) is 16.3. The Labute approximate surface area is 156 Å². The lowest BCUT2D eigenvalue weighted by Gasteiger charge is -2.26.